The Balaban J connectivity index is 2.27. The van der Waals surface area contributed by atoms with E-state index in [9.17, 15) is 5.11 Å². The monoisotopic (exact) mass is 278 g/mol. The van der Waals surface area contributed by atoms with Crippen molar-refractivity contribution in [3.8, 4) is 0 Å². The maximum absolute atomic E-state index is 9.38. The summed E-state index contributed by atoms with van der Waals surface area (Å²) in [7, 11) is 2.00. The molecule has 3 unspecified atom stereocenters. The lowest BCUT2D eigenvalue weighted by Gasteiger charge is -2.39. The van der Waals surface area contributed by atoms with E-state index in [4.69, 9.17) is 4.74 Å². The van der Waals surface area contributed by atoms with E-state index in [1.54, 1.807) is 0 Å². The number of aliphatic hydroxyl groups is 1. The molecule has 20 heavy (non-hydrogen) atoms. The Kier molecular flexibility index (Phi) is 5.40. The van der Waals surface area contributed by atoms with Gasteiger partial charge in [-0.25, -0.2) is 0 Å². The third kappa shape index (κ3) is 3.32. The van der Waals surface area contributed by atoms with E-state index in [-0.39, 0.29) is 18.8 Å². The molecule has 4 heteroatoms. The smallest absolute Gasteiger partial charge is 0.0984 e. The Morgan fingerprint density at radius 2 is 2.15 bits per heavy atom. The molecule has 0 radical (unpaired) electrons. The number of para-hydroxylation sites is 1. The van der Waals surface area contributed by atoms with Crippen LogP contribution in [0.2, 0.25) is 0 Å². The standard InChI is InChI=1S/C16H26N2O2/c1-4-15(17-3)14-7-5-6-8-16(14)18-9-12(2)20-13(10-18)11-19/h5-8,12-13,15,17,19H,4,9-11H2,1-3H3. The second-order valence-electron chi connectivity index (χ2n) is 5.46. The maximum Gasteiger partial charge on any atom is 0.0984 e. The summed E-state index contributed by atoms with van der Waals surface area (Å²) in [5, 5.41) is 12.8. The molecule has 0 saturated carbocycles. The molecule has 1 aliphatic rings. The Hall–Kier alpha value is -1.10. The molecule has 0 spiro atoms. The maximum atomic E-state index is 9.38. The van der Waals surface area contributed by atoms with Gasteiger partial charge in [0.2, 0.25) is 0 Å². The first-order valence-electron chi connectivity index (χ1n) is 7.47. The Labute approximate surface area is 121 Å². The van der Waals surface area contributed by atoms with E-state index < -0.39 is 0 Å². The second kappa shape index (κ2) is 7.07. The van der Waals surface area contributed by atoms with Crippen LogP contribution in [0.15, 0.2) is 24.3 Å². The fraction of sp³-hybridized carbons (Fsp3) is 0.625. The van der Waals surface area contributed by atoms with Gasteiger partial charge in [-0.2, -0.15) is 0 Å². The highest BCUT2D eigenvalue weighted by molar-refractivity contribution is 5.55. The van der Waals surface area contributed by atoms with Gasteiger partial charge < -0.3 is 20.1 Å². The van der Waals surface area contributed by atoms with Crippen molar-refractivity contribution in [1.29, 1.82) is 0 Å². The van der Waals surface area contributed by atoms with Crippen molar-refractivity contribution in [2.75, 3.05) is 31.6 Å². The van der Waals surface area contributed by atoms with Gasteiger partial charge in [-0.15, -0.1) is 0 Å². The number of hydrogen-bond donors (Lipinski definition) is 2. The minimum atomic E-state index is -0.0959. The molecule has 1 saturated heterocycles. The van der Waals surface area contributed by atoms with E-state index in [0.717, 1.165) is 19.5 Å². The molecule has 112 valence electrons. The zero-order chi connectivity index (χ0) is 14.5. The van der Waals surface area contributed by atoms with Crippen LogP contribution in [0.3, 0.4) is 0 Å². The molecule has 0 bridgehead atoms. The molecule has 1 aliphatic heterocycles. The van der Waals surface area contributed by atoms with Crippen LogP contribution >= 0.6 is 0 Å². The van der Waals surface area contributed by atoms with Crippen molar-refractivity contribution in [3.63, 3.8) is 0 Å². The number of benzene rings is 1. The fourth-order valence-electron chi connectivity index (χ4n) is 2.99. The summed E-state index contributed by atoms with van der Waals surface area (Å²) >= 11 is 0. The molecular formula is C16H26N2O2. The van der Waals surface area contributed by atoms with Gasteiger partial charge in [-0.3, -0.25) is 0 Å². The van der Waals surface area contributed by atoms with Gasteiger partial charge in [0.1, 0.15) is 0 Å². The van der Waals surface area contributed by atoms with Gasteiger partial charge in [0.05, 0.1) is 18.8 Å². The minimum absolute atomic E-state index is 0.0756. The predicted molar refractivity (Wildman–Crippen MR) is 82.2 cm³/mol. The quantitative estimate of drug-likeness (QED) is 0.864. The number of morpholine rings is 1. The molecule has 0 aromatic heterocycles. The third-order valence-corrected chi connectivity index (χ3v) is 3.94. The number of anilines is 1. The molecule has 4 nitrogen and oxygen atoms in total. The van der Waals surface area contributed by atoms with E-state index >= 15 is 0 Å². The van der Waals surface area contributed by atoms with Crippen LogP contribution in [-0.2, 0) is 4.74 Å². The molecule has 3 atom stereocenters. The number of hydrogen-bond acceptors (Lipinski definition) is 4. The average Bonchev–Trinajstić information content (AvgIpc) is 2.48. The summed E-state index contributed by atoms with van der Waals surface area (Å²) in [4.78, 5) is 2.34. The Morgan fingerprint density at radius 3 is 2.80 bits per heavy atom. The average molecular weight is 278 g/mol. The molecule has 1 aromatic rings. The van der Waals surface area contributed by atoms with E-state index in [1.165, 1.54) is 11.3 Å². The number of nitrogens with zero attached hydrogens (tertiary/aromatic N) is 1. The van der Waals surface area contributed by atoms with Crippen LogP contribution < -0.4 is 10.2 Å². The van der Waals surface area contributed by atoms with E-state index in [0.29, 0.717) is 6.04 Å². The highest BCUT2D eigenvalue weighted by Crippen LogP contribution is 2.30. The van der Waals surface area contributed by atoms with Gasteiger partial charge in [0, 0.05) is 24.8 Å². The fourth-order valence-corrected chi connectivity index (χ4v) is 2.99. The van der Waals surface area contributed by atoms with E-state index in [2.05, 4.69) is 48.3 Å². The minimum Gasteiger partial charge on any atom is -0.394 e. The second-order valence-corrected chi connectivity index (χ2v) is 5.46. The van der Waals surface area contributed by atoms with Crippen LogP contribution in [0.4, 0.5) is 5.69 Å². The lowest BCUT2D eigenvalue weighted by Crippen LogP contribution is -2.48. The molecule has 2 N–H and O–H groups in total. The number of rotatable bonds is 5. The summed E-state index contributed by atoms with van der Waals surface area (Å²) in [6.45, 7) is 5.95. The molecule has 1 aromatic carbocycles. The summed E-state index contributed by atoms with van der Waals surface area (Å²) in [6.07, 6.45) is 1.10. The van der Waals surface area contributed by atoms with Crippen molar-refractivity contribution < 1.29 is 9.84 Å². The van der Waals surface area contributed by atoms with Gasteiger partial charge >= 0.3 is 0 Å². The summed E-state index contributed by atoms with van der Waals surface area (Å²) < 4.78 is 5.73. The van der Waals surface area contributed by atoms with Crippen LogP contribution in [0.5, 0.6) is 0 Å². The highest BCUT2D eigenvalue weighted by Gasteiger charge is 2.27. The molecule has 2 rings (SSSR count). The molecule has 1 heterocycles. The van der Waals surface area contributed by atoms with Crippen molar-refractivity contribution >= 4 is 5.69 Å². The first kappa shape index (κ1) is 15.3. The Morgan fingerprint density at radius 1 is 1.40 bits per heavy atom. The first-order chi connectivity index (χ1) is 9.69. The molecule has 0 aliphatic carbocycles. The lowest BCUT2D eigenvalue weighted by atomic mass is 10.0. The third-order valence-electron chi connectivity index (χ3n) is 3.94. The number of nitrogens with one attached hydrogen (secondary N) is 1. The van der Waals surface area contributed by atoms with Crippen molar-refractivity contribution in [2.24, 2.45) is 0 Å². The summed E-state index contributed by atoms with van der Waals surface area (Å²) in [5.74, 6) is 0. The molecule has 1 fully saturated rings. The highest BCUT2D eigenvalue weighted by atomic mass is 16.5. The van der Waals surface area contributed by atoms with Gasteiger partial charge in [-0.05, 0) is 32.0 Å². The van der Waals surface area contributed by atoms with Crippen LogP contribution in [0.25, 0.3) is 0 Å². The number of ether oxygens (including phenoxy) is 1. The summed E-state index contributed by atoms with van der Waals surface area (Å²) in [5.41, 5.74) is 2.57. The molecular weight excluding hydrogens is 252 g/mol. The number of aliphatic hydroxyl groups excluding tert-OH is 1. The first-order valence-corrected chi connectivity index (χ1v) is 7.47. The molecule has 0 amide bonds. The summed E-state index contributed by atoms with van der Waals surface area (Å²) in [6, 6.07) is 8.88. The van der Waals surface area contributed by atoms with E-state index in [1.807, 2.05) is 7.05 Å². The predicted octanol–water partition coefficient (Wildman–Crippen LogP) is 1.94. The van der Waals surface area contributed by atoms with Crippen LogP contribution in [0, 0.1) is 0 Å². The van der Waals surface area contributed by atoms with Crippen molar-refractivity contribution in [1.82, 2.24) is 5.32 Å². The van der Waals surface area contributed by atoms with Gasteiger partial charge in [0.15, 0.2) is 0 Å². The van der Waals surface area contributed by atoms with Crippen molar-refractivity contribution in [2.45, 2.75) is 38.5 Å². The van der Waals surface area contributed by atoms with Crippen molar-refractivity contribution in [3.05, 3.63) is 29.8 Å². The zero-order valence-electron chi connectivity index (χ0n) is 12.7. The van der Waals surface area contributed by atoms with Crippen LogP contribution in [0.1, 0.15) is 31.9 Å². The lowest BCUT2D eigenvalue weighted by molar-refractivity contribution is -0.0421. The topological polar surface area (TPSA) is 44.7 Å². The largest absolute Gasteiger partial charge is 0.394 e. The van der Waals surface area contributed by atoms with Gasteiger partial charge in [-0.1, -0.05) is 25.1 Å². The normalized spacial score (nSPS) is 24.7. The Bertz CT molecular complexity index is 421. The van der Waals surface area contributed by atoms with Crippen LogP contribution in [-0.4, -0.2) is 44.1 Å². The SMILES string of the molecule is CCC(NC)c1ccccc1N1CC(C)OC(CO)C1. The van der Waals surface area contributed by atoms with Gasteiger partial charge in [0.25, 0.3) is 0 Å². The zero-order valence-corrected chi connectivity index (χ0v) is 12.7.